The zero-order valence-electron chi connectivity index (χ0n) is 14.1. The van der Waals surface area contributed by atoms with E-state index in [0.29, 0.717) is 6.20 Å². The highest BCUT2D eigenvalue weighted by atomic mass is 35.5. The molecule has 0 radical (unpaired) electrons. The van der Waals surface area contributed by atoms with Crippen LogP contribution in [-0.2, 0) is 22.1 Å². The molecule has 0 unspecified atom stereocenters. The summed E-state index contributed by atoms with van der Waals surface area (Å²) in [6, 6.07) is 0.734. The largest absolute Gasteiger partial charge is 0.466 e. The topological polar surface area (TPSA) is 94.2 Å². The van der Waals surface area contributed by atoms with Crippen molar-refractivity contribution < 1.29 is 22.7 Å². The molecule has 27 heavy (non-hydrogen) atoms. The van der Waals surface area contributed by atoms with Gasteiger partial charge in [0.1, 0.15) is 11.0 Å². The van der Waals surface area contributed by atoms with Crippen molar-refractivity contribution >= 4 is 46.8 Å². The first kappa shape index (κ1) is 21.0. The van der Waals surface area contributed by atoms with Gasteiger partial charge in [0.15, 0.2) is 5.82 Å². The Labute approximate surface area is 162 Å². The fourth-order valence-corrected chi connectivity index (χ4v) is 2.71. The number of pyridine rings is 1. The number of halogens is 5. The molecule has 0 aromatic carbocycles. The molecule has 0 atom stereocenters. The molecule has 0 aliphatic heterocycles. The Kier molecular flexibility index (Phi) is 6.32. The van der Waals surface area contributed by atoms with E-state index in [2.05, 4.69) is 15.0 Å². The van der Waals surface area contributed by atoms with Gasteiger partial charge in [0, 0.05) is 18.8 Å². The number of aromatic nitrogens is 3. The van der Waals surface area contributed by atoms with Gasteiger partial charge in [-0.25, -0.2) is 9.97 Å². The SMILES string of the molecule is CCOC(=O)Cc1c(Cl)nc(N)nc1N(C)c1ncc(C(F)(F)F)cc1Cl. The molecule has 0 amide bonds. The van der Waals surface area contributed by atoms with Crippen LogP contribution in [0.3, 0.4) is 0 Å². The summed E-state index contributed by atoms with van der Waals surface area (Å²) < 4.78 is 43.3. The summed E-state index contributed by atoms with van der Waals surface area (Å²) in [5.74, 6) is -0.759. The van der Waals surface area contributed by atoms with E-state index >= 15 is 0 Å². The molecule has 0 aliphatic carbocycles. The van der Waals surface area contributed by atoms with Crippen LogP contribution in [0, 0.1) is 0 Å². The lowest BCUT2D eigenvalue weighted by atomic mass is 10.2. The van der Waals surface area contributed by atoms with Gasteiger partial charge in [-0.1, -0.05) is 23.2 Å². The third-order valence-corrected chi connectivity index (χ3v) is 3.95. The summed E-state index contributed by atoms with van der Waals surface area (Å²) in [5.41, 5.74) is 4.77. The molecule has 0 fully saturated rings. The highest BCUT2D eigenvalue weighted by molar-refractivity contribution is 6.33. The van der Waals surface area contributed by atoms with Crippen molar-refractivity contribution in [2.24, 2.45) is 0 Å². The summed E-state index contributed by atoms with van der Waals surface area (Å²) in [6.07, 6.45) is -4.23. The van der Waals surface area contributed by atoms with Crippen LogP contribution in [0.1, 0.15) is 18.1 Å². The molecular weight excluding hydrogens is 410 g/mol. The number of hydrogen-bond donors (Lipinski definition) is 1. The van der Waals surface area contributed by atoms with Gasteiger partial charge in [0.2, 0.25) is 5.95 Å². The second-order valence-electron chi connectivity index (χ2n) is 5.24. The summed E-state index contributed by atoms with van der Waals surface area (Å²) in [6.45, 7) is 1.79. The maximum absolute atomic E-state index is 12.8. The van der Waals surface area contributed by atoms with Crippen molar-refractivity contribution in [1.29, 1.82) is 0 Å². The summed E-state index contributed by atoms with van der Waals surface area (Å²) in [7, 11) is 1.44. The number of carbonyl (C=O) groups is 1. The maximum atomic E-state index is 12.8. The monoisotopic (exact) mass is 423 g/mol. The van der Waals surface area contributed by atoms with E-state index in [1.807, 2.05) is 0 Å². The van der Waals surface area contributed by atoms with E-state index in [1.165, 1.54) is 11.9 Å². The molecule has 2 aromatic rings. The van der Waals surface area contributed by atoms with Gasteiger partial charge in [-0.3, -0.25) is 4.79 Å². The Morgan fingerprint density at radius 2 is 1.96 bits per heavy atom. The normalized spacial score (nSPS) is 11.4. The number of hydrogen-bond acceptors (Lipinski definition) is 7. The minimum Gasteiger partial charge on any atom is -0.466 e. The van der Waals surface area contributed by atoms with Crippen LogP contribution in [0.4, 0.5) is 30.8 Å². The lowest BCUT2D eigenvalue weighted by Crippen LogP contribution is -2.20. The van der Waals surface area contributed by atoms with Crippen LogP contribution in [0.25, 0.3) is 0 Å². The summed E-state index contributed by atoms with van der Waals surface area (Å²) in [4.78, 5) is 24.6. The number of ether oxygens (including phenoxy) is 1. The van der Waals surface area contributed by atoms with Gasteiger partial charge in [-0.05, 0) is 13.0 Å². The second-order valence-corrected chi connectivity index (χ2v) is 6.01. The first-order valence-corrected chi connectivity index (χ1v) is 8.24. The minimum absolute atomic E-state index is 0.0380. The quantitative estimate of drug-likeness (QED) is 0.579. The highest BCUT2D eigenvalue weighted by Gasteiger charge is 2.32. The van der Waals surface area contributed by atoms with E-state index < -0.39 is 17.7 Å². The number of anilines is 3. The predicted octanol–water partition coefficient (Wildman–Crippen LogP) is 3.65. The van der Waals surface area contributed by atoms with Crippen LogP contribution < -0.4 is 10.6 Å². The smallest absolute Gasteiger partial charge is 0.417 e. The van der Waals surface area contributed by atoms with Crippen molar-refractivity contribution in [2.75, 3.05) is 24.3 Å². The van der Waals surface area contributed by atoms with Gasteiger partial charge < -0.3 is 15.4 Å². The van der Waals surface area contributed by atoms with Crippen LogP contribution >= 0.6 is 23.2 Å². The molecule has 2 heterocycles. The lowest BCUT2D eigenvalue weighted by Gasteiger charge is -2.22. The molecule has 7 nitrogen and oxygen atoms in total. The van der Waals surface area contributed by atoms with E-state index in [-0.39, 0.29) is 46.4 Å². The van der Waals surface area contributed by atoms with Gasteiger partial charge in [0.25, 0.3) is 0 Å². The number of alkyl halides is 3. The average molecular weight is 424 g/mol. The lowest BCUT2D eigenvalue weighted by molar-refractivity contribution is -0.142. The Balaban J connectivity index is 2.49. The second kappa shape index (κ2) is 8.13. The number of esters is 1. The first-order chi connectivity index (χ1) is 12.5. The Morgan fingerprint density at radius 1 is 1.30 bits per heavy atom. The van der Waals surface area contributed by atoms with Crippen molar-refractivity contribution in [3.63, 3.8) is 0 Å². The van der Waals surface area contributed by atoms with Crippen LogP contribution in [0.2, 0.25) is 10.2 Å². The maximum Gasteiger partial charge on any atom is 0.417 e. The number of nitrogens with two attached hydrogens (primary N) is 1. The van der Waals surface area contributed by atoms with Crippen molar-refractivity contribution in [3.8, 4) is 0 Å². The van der Waals surface area contributed by atoms with E-state index in [0.717, 1.165) is 6.07 Å². The minimum atomic E-state index is -4.59. The molecule has 0 bridgehead atoms. The number of rotatable bonds is 5. The number of nitrogens with zero attached hydrogens (tertiary/aromatic N) is 4. The Hall–Kier alpha value is -2.33. The number of carbonyl (C=O) groups excluding carboxylic acids is 1. The molecule has 0 saturated heterocycles. The first-order valence-electron chi connectivity index (χ1n) is 7.48. The average Bonchev–Trinajstić information content (AvgIpc) is 2.55. The third kappa shape index (κ3) is 4.89. The van der Waals surface area contributed by atoms with Gasteiger partial charge >= 0.3 is 12.1 Å². The van der Waals surface area contributed by atoms with Crippen LogP contribution in [-0.4, -0.2) is 34.6 Å². The number of nitrogen functional groups attached to an aromatic ring is 1. The highest BCUT2D eigenvalue weighted by Crippen LogP contribution is 2.36. The van der Waals surface area contributed by atoms with Gasteiger partial charge in [-0.2, -0.15) is 18.2 Å². The third-order valence-electron chi connectivity index (χ3n) is 3.36. The molecule has 2 rings (SSSR count). The van der Waals surface area contributed by atoms with Gasteiger partial charge in [0.05, 0.1) is 23.6 Å². The van der Waals surface area contributed by atoms with Crippen LogP contribution in [0.15, 0.2) is 12.3 Å². The van der Waals surface area contributed by atoms with Crippen molar-refractivity contribution in [3.05, 3.63) is 33.6 Å². The molecule has 0 spiro atoms. The molecule has 0 saturated carbocycles. The molecular formula is C15H14Cl2F3N5O2. The fourth-order valence-electron chi connectivity index (χ4n) is 2.18. The van der Waals surface area contributed by atoms with E-state index in [4.69, 9.17) is 33.7 Å². The zero-order chi connectivity index (χ0) is 20.4. The van der Waals surface area contributed by atoms with Crippen LogP contribution in [0.5, 0.6) is 0 Å². The fraction of sp³-hybridized carbons (Fsp3) is 0.333. The van der Waals surface area contributed by atoms with Crippen molar-refractivity contribution in [2.45, 2.75) is 19.5 Å². The van der Waals surface area contributed by atoms with Crippen molar-refractivity contribution in [1.82, 2.24) is 15.0 Å². The summed E-state index contributed by atoms with van der Waals surface area (Å²) in [5, 5.41) is -0.372. The summed E-state index contributed by atoms with van der Waals surface area (Å²) >= 11 is 12.0. The Morgan fingerprint density at radius 3 is 2.52 bits per heavy atom. The Bertz CT molecular complexity index is 864. The van der Waals surface area contributed by atoms with E-state index in [1.54, 1.807) is 6.92 Å². The molecule has 2 N–H and O–H groups in total. The molecule has 146 valence electrons. The predicted molar refractivity (Wildman–Crippen MR) is 94.1 cm³/mol. The molecule has 0 aliphatic rings. The standard InChI is InChI=1S/C15H14Cl2F3N5O2/c1-3-27-10(26)5-8-11(17)23-14(21)24-12(8)25(2)13-9(16)4-7(6-22-13)15(18,19)20/h4,6H,3,5H2,1-2H3,(H2,21,23,24). The zero-order valence-corrected chi connectivity index (χ0v) is 15.7. The molecule has 2 aromatic heterocycles. The van der Waals surface area contributed by atoms with Gasteiger partial charge in [-0.15, -0.1) is 0 Å². The molecule has 12 heteroatoms. The van der Waals surface area contributed by atoms with E-state index in [9.17, 15) is 18.0 Å².